The van der Waals surface area contributed by atoms with Gasteiger partial charge in [0.2, 0.25) is 0 Å². The van der Waals surface area contributed by atoms with Gasteiger partial charge in [0.1, 0.15) is 5.82 Å². The molecule has 14 heavy (non-hydrogen) atoms. The van der Waals surface area contributed by atoms with E-state index in [9.17, 15) is 9.50 Å². The van der Waals surface area contributed by atoms with Crippen LogP contribution in [0.3, 0.4) is 0 Å². The summed E-state index contributed by atoms with van der Waals surface area (Å²) < 4.78 is 14.0. The molecule has 0 spiro atoms. The molecule has 0 aliphatic carbocycles. The highest BCUT2D eigenvalue weighted by Crippen LogP contribution is 2.17. The summed E-state index contributed by atoms with van der Waals surface area (Å²) in [5.41, 5.74) is 0.578. The lowest BCUT2D eigenvalue weighted by atomic mass is 10.0. The molecule has 0 bridgehead atoms. The Bertz CT molecular complexity index is 301. The van der Waals surface area contributed by atoms with E-state index in [1.165, 1.54) is 6.07 Å². The normalized spacial score (nSPS) is 12.9. The van der Waals surface area contributed by atoms with Crippen molar-refractivity contribution >= 4 is 15.9 Å². The number of hydrogen-bond acceptors (Lipinski definition) is 1. The second-order valence-corrected chi connectivity index (χ2v) is 4.30. The molecule has 1 N–H and O–H groups in total. The van der Waals surface area contributed by atoms with Crippen LogP contribution in [0.4, 0.5) is 4.39 Å². The summed E-state index contributed by atoms with van der Waals surface area (Å²) in [4.78, 5) is 0. The molecule has 0 radical (unpaired) electrons. The molecule has 0 heterocycles. The number of benzene rings is 1. The lowest BCUT2D eigenvalue weighted by molar-refractivity contribution is 0.162. The Hall–Kier alpha value is -0.410. The van der Waals surface area contributed by atoms with E-state index in [0.29, 0.717) is 12.0 Å². The van der Waals surface area contributed by atoms with Gasteiger partial charge in [-0.05, 0) is 24.1 Å². The van der Waals surface area contributed by atoms with E-state index in [1.54, 1.807) is 12.1 Å². The molecule has 0 aliphatic heterocycles. The average molecular weight is 261 g/mol. The van der Waals surface area contributed by atoms with Crippen LogP contribution >= 0.6 is 15.9 Å². The van der Waals surface area contributed by atoms with Crippen LogP contribution < -0.4 is 0 Å². The van der Waals surface area contributed by atoms with Crippen LogP contribution in [0.1, 0.15) is 25.3 Å². The summed E-state index contributed by atoms with van der Waals surface area (Å²) in [5.74, 6) is -0.255. The molecule has 1 atom stereocenters. The number of aliphatic hydroxyl groups excluding tert-OH is 1. The van der Waals surface area contributed by atoms with Crippen LogP contribution in [0.5, 0.6) is 0 Å². The predicted octanol–water partition coefficient (Wildman–Crippen LogP) is 3.29. The van der Waals surface area contributed by atoms with Crippen molar-refractivity contribution in [2.24, 2.45) is 0 Å². The van der Waals surface area contributed by atoms with Gasteiger partial charge in [0.05, 0.1) is 6.10 Å². The number of hydrogen-bond donors (Lipinski definition) is 1. The van der Waals surface area contributed by atoms with Crippen LogP contribution in [0, 0.1) is 5.82 Å². The second kappa shape index (κ2) is 5.47. The van der Waals surface area contributed by atoms with Gasteiger partial charge >= 0.3 is 0 Å². The lowest BCUT2D eigenvalue weighted by Crippen LogP contribution is -2.10. The Morgan fingerprint density at radius 1 is 1.50 bits per heavy atom. The Balaban J connectivity index is 2.67. The van der Waals surface area contributed by atoms with Crippen molar-refractivity contribution in [3.63, 3.8) is 0 Å². The van der Waals surface area contributed by atoms with Crippen LogP contribution in [-0.2, 0) is 6.42 Å². The van der Waals surface area contributed by atoms with Crippen LogP contribution in [0.25, 0.3) is 0 Å². The fourth-order valence-electron chi connectivity index (χ4n) is 1.38. The van der Waals surface area contributed by atoms with Crippen molar-refractivity contribution in [2.45, 2.75) is 32.3 Å². The van der Waals surface area contributed by atoms with Gasteiger partial charge in [-0.2, -0.15) is 0 Å². The minimum Gasteiger partial charge on any atom is -0.393 e. The van der Waals surface area contributed by atoms with Gasteiger partial charge in [-0.3, -0.25) is 0 Å². The maximum absolute atomic E-state index is 13.3. The van der Waals surface area contributed by atoms with E-state index in [2.05, 4.69) is 15.9 Å². The van der Waals surface area contributed by atoms with Gasteiger partial charge in [-0.15, -0.1) is 0 Å². The highest BCUT2D eigenvalue weighted by atomic mass is 79.9. The fraction of sp³-hybridized carbons (Fsp3) is 0.455. The molecule has 0 saturated heterocycles. The van der Waals surface area contributed by atoms with Crippen LogP contribution in [-0.4, -0.2) is 11.2 Å². The van der Waals surface area contributed by atoms with Gasteiger partial charge in [0.15, 0.2) is 0 Å². The Labute approximate surface area is 92.1 Å². The molecule has 1 aromatic rings. The SMILES string of the molecule is CCCC(O)Cc1ccc(Br)cc1F. The van der Waals surface area contributed by atoms with Crippen molar-refractivity contribution in [3.8, 4) is 0 Å². The van der Waals surface area contributed by atoms with E-state index in [1.807, 2.05) is 6.92 Å². The zero-order chi connectivity index (χ0) is 10.6. The first-order chi connectivity index (χ1) is 6.63. The molecule has 0 saturated carbocycles. The quantitative estimate of drug-likeness (QED) is 0.881. The zero-order valence-electron chi connectivity index (χ0n) is 8.13. The summed E-state index contributed by atoms with van der Waals surface area (Å²) in [5, 5.41) is 9.52. The molecule has 1 unspecified atom stereocenters. The molecule has 0 amide bonds. The van der Waals surface area contributed by atoms with Gasteiger partial charge < -0.3 is 5.11 Å². The van der Waals surface area contributed by atoms with E-state index < -0.39 is 6.10 Å². The number of halogens is 2. The third-order valence-corrected chi connectivity index (χ3v) is 2.59. The van der Waals surface area contributed by atoms with E-state index >= 15 is 0 Å². The Morgan fingerprint density at radius 3 is 2.79 bits per heavy atom. The molecule has 78 valence electrons. The van der Waals surface area contributed by atoms with Crippen molar-refractivity contribution in [3.05, 3.63) is 34.1 Å². The fourth-order valence-corrected chi connectivity index (χ4v) is 1.71. The first kappa shape index (κ1) is 11.7. The zero-order valence-corrected chi connectivity index (χ0v) is 9.72. The molecule has 1 nitrogen and oxygen atoms in total. The molecule has 0 aliphatic rings. The predicted molar refractivity (Wildman–Crippen MR) is 58.7 cm³/mol. The Kier molecular flexibility index (Phi) is 4.55. The monoisotopic (exact) mass is 260 g/mol. The molecule has 0 fully saturated rings. The van der Waals surface area contributed by atoms with Gasteiger partial charge in [0.25, 0.3) is 0 Å². The molecule has 1 aromatic carbocycles. The smallest absolute Gasteiger partial charge is 0.127 e. The van der Waals surface area contributed by atoms with Crippen molar-refractivity contribution in [1.29, 1.82) is 0 Å². The third-order valence-electron chi connectivity index (χ3n) is 2.09. The van der Waals surface area contributed by atoms with Crippen molar-refractivity contribution in [2.75, 3.05) is 0 Å². The minimum absolute atomic E-state index is 0.255. The number of aliphatic hydroxyl groups is 1. The van der Waals surface area contributed by atoms with Crippen LogP contribution in [0.2, 0.25) is 0 Å². The first-order valence-electron chi connectivity index (χ1n) is 4.75. The Morgan fingerprint density at radius 2 is 2.21 bits per heavy atom. The van der Waals surface area contributed by atoms with E-state index in [4.69, 9.17) is 0 Å². The highest BCUT2D eigenvalue weighted by molar-refractivity contribution is 9.10. The molecule has 0 aromatic heterocycles. The minimum atomic E-state index is -0.435. The molecule has 3 heteroatoms. The van der Waals surface area contributed by atoms with E-state index in [0.717, 1.165) is 17.3 Å². The maximum Gasteiger partial charge on any atom is 0.127 e. The van der Waals surface area contributed by atoms with Crippen molar-refractivity contribution in [1.82, 2.24) is 0 Å². The molecular weight excluding hydrogens is 247 g/mol. The summed E-state index contributed by atoms with van der Waals surface area (Å²) in [6, 6.07) is 4.92. The topological polar surface area (TPSA) is 20.2 Å². The average Bonchev–Trinajstić information content (AvgIpc) is 2.10. The summed E-state index contributed by atoms with van der Waals surface area (Å²) in [6.45, 7) is 2.00. The molecule has 1 rings (SSSR count). The van der Waals surface area contributed by atoms with Crippen molar-refractivity contribution < 1.29 is 9.50 Å². The summed E-state index contributed by atoms with van der Waals surface area (Å²) >= 11 is 3.19. The summed E-state index contributed by atoms with van der Waals surface area (Å²) in [7, 11) is 0. The van der Waals surface area contributed by atoms with Gasteiger partial charge in [-0.1, -0.05) is 35.3 Å². The van der Waals surface area contributed by atoms with Crippen LogP contribution in [0.15, 0.2) is 22.7 Å². The number of rotatable bonds is 4. The highest BCUT2D eigenvalue weighted by Gasteiger charge is 2.08. The lowest BCUT2D eigenvalue weighted by Gasteiger charge is -2.09. The first-order valence-corrected chi connectivity index (χ1v) is 5.54. The maximum atomic E-state index is 13.3. The van der Waals surface area contributed by atoms with Gasteiger partial charge in [-0.25, -0.2) is 4.39 Å². The largest absolute Gasteiger partial charge is 0.393 e. The molecular formula is C11H14BrFO. The second-order valence-electron chi connectivity index (χ2n) is 3.38. The van der Waals surface area contributed by atoms with E-state index in [-0.39, 0.29) is 5.82 Å². The standard InChI is InChI=1S/C11H14BrFO/c1-2-3-10(14)6-8-4-5-9(12)7-11(8)13/h4-5,7,10,14H,2-3,6H2,1H3. The summed E-state index contributed by atoms with van der Waals surface area (Å²) in [6.07, 6.45) is 1.59. The third kappa shape index (κ3) is 3.39. The van der Waals surface area contributed by atoms with Gasteiger partial charge in [0, 0.05) is 10.9 Å².